The first-order chi connectivity index (χ1) is 14.3. The van der Waals surface area contributed by atoms with Gasteiger partial charge in [0, 0.05) is 28.7 Å². The Morgan fingerprint density at radius 1 is 0.967 bits per heavy atom. The molecule has 0 aliphatic carbocycles. The van der Waals surface area contributed by atoms with Crippen LogP contribution in [0.4, 0.5) is 0 Å². The summed E-state index contributed by atoms with van der Waals surface area (Å²) in [6.45, 7) is 0.949. The Hall–Kier alpha value is -2.13. The molecule has 2 aromatic rings. The first-order valence-corrected chi connectivity index (χ1v) is 11.6. The number of carbonyl (C=O) groups excluding carboxylic acids is 2. The lowest BCUT2D eigenvalue weighted by molar-refractivity contribution is -0.121. The van der Waals surface area contributed by atoms with Crippen LogP contribution in [0.2, 0.25) is 10.0 Å². The number of carbonyl (C=O) groups is 2. The maximum absolute atomic E-state index is 12.8. The minimum Gasteiger partial charge on any atom is -0.273 e. The molecule has 0 spiro atoms. The molecule has 7 nitrogen and oxygen atoms in total. The lowest BCUT2D eigenvalue weighted by atomic mass is 10.1. The van der Waals surface area contributed by atoms with Crippen molar-refractivity contribution in [1.29, 1.82) is 0 Å². The predicted molar refractivity (Wildman–Crippen MR) is 115 cm³/mol. The first kappa shape index (κ1) is 22.6. The number of hydrogen-bond acceptors (Lipinski definition) is 4. The molecule has 30 heavy (non-hydrogen) atoms. The van der Waals surface area contributed by atoms with Crippen molar-refractivity contribution in [2.24, 2.45) is 0 Å². The third-order valence-electron chi connectivity index (χ3n) is 4.73. The van der Waals surface area contributed by atoms with Crippen molar-refractivity contribution >= 4 is 45.0 Å². The van der Waals surface area contributed by atoms with Gasteiger partial charge in [-0.3, -0.25) is 20.4 Å². The van der Waals surface area contributed by atoms with E-state index in [1.54, 1.807) is 12.1 Å². The van der Waals surface area contributed by atoms with E-state index in [2.05, 4.69) is 10.9 Å². The fraction of sp³-hybridized carbons (Fsp3) is 0.300. The van der Waals surface area contributed by atoms with E-state index >= 15 is 0 Å². The number of nitrogens with zero attached hydrogens (tertiary/aromatic N) is 1. The average molecular weight is 470 g/mol. The van der Waals surface area contributed by atoms with Gasteiger partial charge in [-0.25, -0.2) is 8.42 Å². The zero-order valence-corrected chi connectivity index (χ0v) is 18.4. The zero-order valence-electron chi connectivity index (χ0n) is 16.0. The molecule has 160 valence electrons. The van der Waals surface area contributed by atoms with E-state index in [1.165, 1.54) is 34.6 Å². The van der Waals surface area contributed by atoms with Gasteiger partial charge in [0.2, 0.25) is 15.9 Å². The van der Waals surface area contributed by atoms with Crippen LogP contribution in [0.5, 0.6) is 0 Å². The van der Waals surface area contributed by atoms with Crippen molar-refractivity contribution in [2.45, 2.75) is 30.6 Å². The molecule has 1 fully saturated rings. The summed E-state index contributed by atoms with van der Waals surface area (Å²) >= 11 is 11.9. The van der Waals surface area contributed by atoms with E-state index in [4.69, 9.17) is 23.2 Å². The summed E-state index contributed by atoms with van der Waals surface area (Å²) in [4.78, 5) is 24.5. The number of piperidine rings is 1. The van der Waals surface area contributed by atoms with Gasteiger partial charge < -0.3 is 0 Å². The van der Waals surface area contributed by atoms with Crippen molar-refractivity contribution in [3.8, 4) is 0 Å². The van der Waals surface area contributed by atoms with E-state index < -0.39 is 21.8 Å². The quantitative estimate of drug-likeness (QED) is 0.657. The molecule has 0 saturated carbocycles. The van der Waals surface area contributed by atoms with Crippen molar-refractivity contribution in [3.63, 3.8) is 0 Å². The molecular weight excluding hydrogens is 449 g/mol. The van der Waals surface area contributed by atoms with Gasteiger partial charge in [-0.1, -0.05) is 41.8 Å². The summed E-state index contributed by atoms with van der Waals surface area (Å²) in [7, 11) is -3.66. The van der Waals surface area contributed by atoms with Gasteiger partial charge >= 0.3 is 0 Å². The molecule has 0 aromatic heterocycles. The second-order valence-electron chi connectivity index (χ2n) is 6.91. The molecule has 1 aliphatic heterocycles. The number of benzene rings is 2. The third-order valence-corrected chi connectivity index (χ3v) is 7.21. The standard InChI is InChI=1S/C20H21Cl2N3O4S/c21-16-8-7-14(18(22)13-16)12-19(26)23-24-20(27)15-5-4-6-17(11-15)30(28,29)25-9-2-1-3-10-25/h4-8,11,13H,1-3,9-10,12H2,(H,23,26)(H,24,27). The molecule has 1 aliphatic rings. The number of nitrogens with one attached hydrogen (secondary N) is 2. The van der Waals surface area contributed by atoms with Crippen molar-refractivity contribution in [3.05, 3.63) is 63.6 Å². The Morgan fingerprint density at radius 3 is 2.40 bits per heavy atom. The van der Waals surface area contributed by atoms with Crippen molar-refractivity contribution in [2.75, 3.05) is 13.1 Å². The average Bonchev–Trinajstić information content (AvgIpc) is 2.74. The van der Waals surface area contributed by atoms with Crippen LogP contribution in [-0.4, -0.2) is 37.6 Å². The molecular formula is C20H21Cl2N3O4S. The molecule has 2 aromatic carbocycles. The van der Waals surface area contributed by atoms with Gasteiger partial charge in [0.25, 0.3) is 5.91 Å². The molecule has 0 atom stereocenters. The highest BCUT2D eigenvalue weighted by Crippen LogP contribution is 2.22. The van der Waals surface area contributed by atoms with Crippen LogP contribution in [0, 0.1) is 0 Å². The van der Waals surface area contributed by atoms with Gasteiger partial charge in [0.15, 0.2) is 0 Å². The molecule has 0 unspecified atom stereocenters. The Bertz CT molecular complexity index is 1050. The van der Waals surface area contributed by atoms with E-state index in [0.29, 0.717) is 28.7 Å². The Labute approximate surface area is 185 Å². The van der Waals surface area contributed by atoms with Gasteiger partial charge in [0.05, 0.1) is 11.3 Å². The minimum atomic E-state index is -3.66. The Balaban J connectivity index is 1.63. The summed E-state index contributed by atoms with van der Waals surface area (Å²) in [5.41, 5.74) is 5.28. The van der Waals surface area contributed by atoms with Crippen LogP contribution in [-0.2, 0) is 21.2 Å². The molecule has 1 saturated heterocycles. The molecule has 0 radical (unpaired) electrons. The summed E-state index contributed by atoms with van der Waals surface area (Å²) in [5, 5.41) is 0.802. The Morgan fingerprint density at radius 2 is 1.70 bits per heavy atom. The predicted octanol–water partition coefficient (Wildman–Crippen LogP) is 3.17. The minimum absolute atomic E-state index is 0.0522. The van der Waals surface area contributed by atoms with Gasteiger partial charge in [-0.2, -0.15) is 4.31 Å². The molecule has 3 rings (SSSR count). The normalized spacial score (nSPS) is 14.9. The highest BCUT2D eigenvalue weighted by Gasteiger charge is 2.26. The van der Waals surface area contributed by atoms with Gasteiger partial charge in [-0.15, -0.1) is 0 Å². The van der Waals surface area contributed by atoms with Gasteiger partial charge in [0.1, 0.15) is 0 Å². The number of hydrazine groups is 1. The maximum atomic E-state index is 12.8. The molecule has 2 N–H and O–H groups in total. The second-order valence-corrected chi connectivity index (χ2v) is 9.69. The van der Waals surface area contributed by atoms with Gasteiger partial charge in [-0.05, 0) is 48.7 Å². The lowest BCUT2D eigenvalue weighted by Crippen LogP contribution is -2.42. The number of halogens is 2. The van der Waals surface area contributed by atoms with Crippen molar-refractivity contribution < 1.29 is 18.0 Å². The third kappa shape index (κ3) is 5.51. The molecule has 1 heterocycles. The van der Waals surface area contributed by atoms with Crippen LogP contribution in [0.15, 0.2) is 47.4 Å². The maximum Gasteiger partial charge on any atom is 0.269 e. The van der Waals surface area contributed by atoms with Crippen LogP contribution in [0.25, 0.3) is 0 Å². The van der Waals surface area contributed by atoms with E-state index in [0.717, 1.165) is 19.3 Å². The first-order valence-electron chi connectivity index (χ1n) is 9.41. The van der Waals surface area contributed by atoms with Crippen LogP contribution in [0.1, 0.15) is 35.2 Å². The largest absolute Gasteiger partial charge is 0.273 e. The highest BCUT2D eigenvalue weighted by atomic mass is 35.5. The zero-order chi connectivity index (χ0) is 21.7. The number of rotatable bonds is 5. The van der Waals surface area contributed by atoms with E-state index in [1.807, 2.05) is 0 Å². The fourth-order valence-electron chi connectivity index (χ4n) is 3.13. The second kappa shape index (κ2) is 9.78. The Kier molecular flexibility index (Phi) is 7.36. The summed E-state index contributed by atoms with van der Waals surface area (Å²) in [6, 6.07) is 10.5. The van der Waals surface area contributed by atoms with Crippen molar-refractivity contribution in [1.82, 2.24) is 15.2 Å². The molecule has 0 bridgehead atoms. The van der Waals surface area contributed by atoms with Crippen LogP contribution < -0.4 is 10.9 Å². The number of hydrogen-bond donors (Lipinski definition) is 2. The SMILES string of the molecule is O=C(Cc1ccc(Cl)cc1Cl)NNC(=O)c1cccc(S(=O)(=O)N2CCCCC2)c1. The summed E-state index contributed by atoms with van der Waals surface area (Å²) in [6.07, 6.45) is 2.60. The van der Waals surface area contributed by atoms with E-state index in [9.17, 15) is 18.0 Å². The lowest BCUT2D eigenvalue weighted by Gasteiger charge is -2.26. The highest BCUT2D eigenvalue weighted by molar-refractivity contribution is 7.89. The smallest absolute Gasteiger partial charge is 0.269 e. The molecule has 2 amide bonds. The number of amides is 2. The molecule has 10 heteroatoms. The number of sulfonamides is 1. The summed E-state index contributed by atoms with van der Waals surface area (Å²) < 4.78 is 27.0. The van der Waals surface area contributed by atoms with Crippen LogP contribution in [0.3, 0.4) is 0 Å². The van der Waals surface area contributed by atoms with E-state index in [-0.39, 0.29) is 16.9 Å². The van der Waals surface area contributed by atoms with Crippen LogP contribution >= 0.6 is 23.2 Å². The fourth-order valence-corrected chi connectivity index (χ4v) is 5.17. The monoisotopic (exact) mass is 469 g/mol. The summed E-state index contributed by atoms with van der Waals surface area (Å²) in [5.74, 6) is -1.11. The topological polar surface area (TPSA) is 95.6 Å².